The van der Waals surface area contributed by atoms with Gasteiger partial charge in [0.1, 0.15) is 0 Å². The summed E-state index contributed by atoms with van der Waals surface area (Å²) in [4.78, 5) is 2.78. The second kappa shape index (κ2) is 4.26. The highest BCUT2D eigenvalue weighted by Crippen LogP contribution is 2.53. The number of likely N-dealkylation sites (tertiary alicyclic amines) is 1. The van der Waals surface area contributed by atoms with E-state index in [1.54, 1.807) is 0 Å². The lowest BCUT2D eigenvalue weighted by atomic mass is 9.77. The van der Waals surface area contributed by atoms with E-state index in [1.165, 1.54) is 71.0 Å². The van der Waals surface area contributed by atoms with Crippen LogP contribution in [0.2, 0.25) is 0 Å². The number of nitrogens with zero attached hydrogens (tertiary/aromatic N) is 1. The van der Waals surface area contributed by atoms with Crippen LogP contribution >= 0.6 is 0 Å². The number of hydrogen-bond donors (Lipinski definition) is 0. The van der Waals surface area contributed by atoms with Crippen molar-refractivity contribution in [3.8, 4) is 0 Å². The van der Waals surface area contributed by atoms with Gasteiger partial charge in [0.2, 0.25) is 0 Å². The summed E-state index contributed by atoms with van der Waals surface area (Å²) in [5.74, 6) is 0.894. The van der Waals surface area contributed by atoms with Gasteiger partial charge in [-0.1, -0.05) is 33.1 Å². The van der Waals surface area contributed by atoms with Crippen LogP contribution in [0.25, 0.3) is 0 Å². The summed E-state index contributed by atoms with van der Waals surface area (Å²) in [6, 6.07) is 0. The van der Waals surface area contributed by atoms with Crippen LogP contribution in [-0.4, -0.2) is 24.5 Å². The summed E-state index contributed by atoms with van der Waals surface area (Å²) in [5, 5.41) is 0. The fourth-order valence-corrected chi connectivity index (χ4v) is 4.19. The predicted molar refractivity (Wildman–Crippen MR) is 73.1 cm³/mol. The van der Waals surface area contributed by atoms with E-state index >= 15 is 0 Å². The van der Waals surface area contributed by atoms with Gasteiger partial charge in [-0.15, -0.1) is 0 Å². The van der Waals surface area contributed by atoms with Crippen molar-refractivity contribution >= 4 is 0 Å². The molecule has 3 aliphatic rings. The van der Waals surface area contributed by atoms with Gasteiger partial charge in [-0.25, -0.2) is 0 Å². The summed E-state index contributed by atoms with van der Waals surface area (Å²) in [6.07, 6.45) is 12.0. The number of hydrogen-bond acceptors (Lipinski definition) is 1. The lowest BCUT2D eigenvalue weighted by Crippen LogP contribution is -2.56. The number of rotatable bonds is 5. The minimum atomic E-state index is 0.768. The van der Waals surface area contributed by atoms with Crippen molar-refractivity contribution in [3.63, 3.8) is 0 Å². The van der Waals surface area contributed by atoms with Gasteiger partial charge in [0.25, 0.3) is 0 Å². The zero-order valence-corrected chi connectivity index (χ0v) is 11.8. The minimum absolute atomic E-state index is 0.768. The maximum Gasteiger partial charge on any atom is 0.00507 e. The van der Waals surface area contributed by atoms with E-state index < -0.39 is 0 Å². The van der Waals surface area contributed by atoms with E-state index in [9.17, 15) is 0 Å². The standard InChI is InChI=1S/C16H29N/c1-14(2)5-8-15(9-10-15)11-17-12-16(13-17)6-3-4-7-16/h14H,3-13H2,1-2H3. The molecular formula is C16H29N. The zero-order chi connectivity index (χ0) is 11.9. The third-order valence-corrected chi connectivity index (χ3v) is 5.55. The third kappa shape index (κ3) is 2.54. The molecule has 1 heteroatoms. The molecule has 0 atom stereocenters. The van der Waals surface area contributed by atoms with Crippen LogP contribution in [0.3, 0.4) is 0 Å². The minimum Gasteiger partial charge on any atom is -0.302 e. The van der Waals surface area contributed by atoms with E-state index in [0.717, 1.165) is 16.7 Å². The van der Waals surface area contributed by atoms with Gasteiger partial charge in [-0.3, -0.25) is 0 Å². The van der Waals surface area contributed by atoms with Crippen molar-refractivity contribution in [1.29, 1.82) is 0 Å². The Balaban J connectivity index is 1.43. The third-order valence-electron chi connectivity index (χ3n) is 5.55. The van der Waals surface area contributed by atoms with Crippen molar-refractivity contribution in [2.24, 2.45) is 16.7 Å². The molecule has 1 nitrogen and oxygen atoms in total. The van der Waals surface area contributed by atoms with Gasteiger partial charge in [0, 0.05) is 19.6 Å². The maximum absolute atomic E-state index is 2.78. The molecule has 0 N–H and O–H groups in total. The molecule has 0 bridgehead atoms. The average molecular weight is 235 g/mol. The van der Waals surface area contributed by atoms with Crippen LogP contribution in [0.15, 0.2) is 0 Å². The van der Waals surface area contributed by atoms with E-state index in [2.05, 4.69) is 18.7 Å². The summed E-state index contributed by atoms with van der Waals surface area (Å²) in [5.41, 5.74) is 1.57. The molecule has 1 saturated heterocycles. The van der Waals surface area contributed by atoms with Gasteiger partial charge in [0.15, 0.2) is 0 Å². The van der Waals surface area contributed by atoms with Crippen molar-refractivity contribution in [2.75, 3.05) is 19.6 Å². The van der Waals surface area contributed by atoms with Gasteiger partial charge >= 0.3 is 0 Å². The monoisotopic (exact) mass is 235 g/mol. The first-order valence-electron chi connectivity index (χ1n) is 7.84. The molecule has 17 heavy (non-hydrogen) atoms. The molecule has 2 saturated carbocycles. The van der Waals surface area contributed by atoms with Gasteiger partial charge < -0.3 is 4.90 Å². The SMILES string of the molecule is CC(C)CCC1(CN2CC3(CCCC3)C2)CC1. The summed E-state index contributed by atoms with van der Waals surface area (Å²) in [6.45, 7) is 9.05. The summed E-state index contributed by atoms with van der Waals surface area (Å²) < 4.78 is 0. The second-order valence-corrected chi connectivity index (χ2v) is 7.78. The molecule has 98 valence electrons. The van der Waals surface area contributed by atoms with Crippen LogP contribution in [0, 0.1) is 16.7 Å². The quantitative estimate of drug-likeness (QED) is 0.694. The van der Waals surface area contributed by atoms with Crippen molar-refractivity contribution < 1.29 is 0 Å². The normalized spacial score (nSPS) is 29.8. The zero-order valence-electron chi connectivity index (χ0n) is 11.8. The van der Waals surface area contributed by atoms with Crippen LogP contribution in [0.4, 0.5) is 0 Å². The molecule has 0 amide bonds. The molecule has 0 aromatic heterocycles. The molecule has 1 heterocycles. The highest BCUT2D eigenvalue weighted by Gasteiger charge is 2.50. The molecular weight excluding hydrogens is 206 g/mol. The first kappa shape index (κ1) is 12.0. The molecule has 0 radical (unpaired) electrons. The molecule has 0 unspecified atom stereocenters. The Bertz CT molecular complexity index is 263. The first-order chi connectivity index (χ1) is 8.12. The smallest absolute Gasteiger partial charge is 0.00507 e. The summed E-state index contributed by atoms with van der Waals surface area (Å²) in [7, 11) is 0. The van der Waals surface area contributed by atoms with Crippen molar-refractivity contribution in [2.45, 2.75) is 65.2 Å². The van der Waals surface area contributed by atoms with Crippen LogP contribution in [-0.2, 0) is 0 Å². The molecule has 1 aliphatic heterocycles. The Morgan fingerprint density at radius 1 is 1.00 bits per heavy atom. The predicted octanol–water partition coefficient (Wildman–Crippen LogP) is 4.08. The molecule has 2 aliphatic carbocycles. The Kier molecular flexibility index (Phi) is 3.01. The van der Waals surface area contributed by atoms with Crippen LogP contribution in [0.5, 0.6) is 0 Å². The molecule has 0 aromatic carbocycles. The van der Waals surface area contributed by atoms with E-state index in [-0.39, 0.29) is 0 Å². The Labute approximate surface area is 107 Å². The lowest BCUT2D eigenvalue weighted by molar-refractivity contribution is -0.00979. The Morgan fingerprint density at radius 3 is 2.18 bits per heavy atom. The highest BCUT2D eigenvalue weighted by atomic mass is 15.2. The fourth-order valence-electron chi connectivity index (χ4n) is 4.19. The lowest BCUT2D eigenvalue weighted by Gasteiger charge is -2.50. The fraction of sp³-hybridized carbons (Fsp3) is 1.00. The summed E-state index contributed by atoms with van der Waals surface area (Å²) >= 11 is 0. The first-order valence-corrected chi connectivity index (χ1v) is 7.84. The molecule has 1 spiro atoms. The van der Waals surface area contributed by atoms with E-state index in [1.807, 2.05) is 0 Å². The van der Waals surface area contributed by atoms with Gasteiger partial charge in [-0.05, 0) is 48.9 Å². The van der Waals surface area contributed by atoms with Gasteiger partial charge in [0.05, 0.1) is 0 Å². The highest BCUT2D eigenvalue weighted by molar-refractivity contribution is 5.03. The molecule has 0 aromatic rings. The topological polar surface area (TPSA) is 3.24 Å². The Morgan fingerprint density at radius 2 is 1.65 bits per heavy atom. The van der Waals surface area contributed by atoms with Crippen LogP contribution < -0.4 is 0 Å². The van der Waals surface area contributed by atoms with Crippen LogP contribution in [0.1, 0.15) is 65.2 Å². The molecule has 3 fully saturated rings. The van der Waals surface area contributed by atoms with E-state index in [0.29, 0.717) is 0 Å². The van der Waals surface area contributed by atoms with E-state index in [4.69, 9.17) is 0 Å². The van der Waals surface area contributed by atoms with Crippen molar-refractivity contribution in [1.82, 2.24) is 4.90 Å². The average Bonchev–Trinajstić information content (AvgIpc) is 2.81. The second-order valence-electron chi connectivity index (χ2n) is 7.78. The maximum atomic E-state index is 2.78. The van der Waals surface area contributed by atoms with Crippen molar-refractivity contribution in [3.05, 3.63) is 0 Å². The molecule has 3 rings (SSSR count). The largest absolute Gasteiger partial charge is 0.302 e. The van der Waals surface area contributed by atoms with Gasteiger partial charge in [-0.2, -0.15) is 0 Å². The Hall–Kier alpha value is -0.0400.